The second-order valence-electron chi connectivity index (χ2n) is 6.15. The Morgan fingerprint density at radius 1 is 1.00 bits per heavy atom. The first-order chi connectivity index (χ1) is 10.8. The van der Waals surface area contributed by atoms with Crippen LogP contribution < -0.4 is 10.6 Å². The summed E-state index contributed by atoms with van der Waals surface area (Å²) in [5.41, 5.74) is 1.00. The Morgan fingerprint density at radius 2 is 1.61 bits per heavy atom. The van der Waals surface area contributed by atoms with Gasteiger partial charge in [0.15, 0.2) is 0 Å². The Hall–Kier alpha value is -2.76. The van der Waals surface area contributed by atoms with Crippen molar-refractivity contribution in [1.29, 1.82) is 0 Å². The van der Waals surface area contributed by atoms with Gasteiger partial charge in [-0.1, -0.05) is 6.07 Å². The second kappa shape index (κ2) is 7.00. The first-order valence-electron chi connectivity index (χ1n) is 7.32. The Kier molecular flexibility index (Phi) is 5.05. The summed E-state index contributed by atoms with van der Waals surface area (Å²) in [5, 5.41) is 5.59. The summed E-state index contributed by atoms with van der Waals surface area (Å²) in [6.45, 7) is 6.03. The van der Waals surface area contributed by atoms with Crippen LogP contribution in [0.5, 0.6) is 0 Å². The van der Waals surface area contributed by atoms with Crippen LogP contribution in [0.2, 0.25) is 0 Å². The van der Waals surface area contributed by atoms with Crippen molar-refractivity contribution in [3.05, 3.63) is 59.7 Å². The monoisotopic (exact) mass is 312 g/mol. The molecule has 23 heavy (non-hydrogen) atoms. The van der Waals surface area contributed by atoms with Crippen LogP contribution >= 0.6 is 0 Å². The summed E-state index contributed by atoms with van der Waals surface area (Å²) in [6, 6.07) is 8.45. The smallest absolute Gasteiger partial charge is 0.270 e. The summed E-state index contributed by atoms with van der Waals surface area (Å²) >= 11 is 0. The highest BCUT2D eigenvalue weighted by Crippen LogP contribution is 2.05. The second-order valence-corrected chi connectivity index (χ2v) is 6.15. The Morgan fingerprint density at radius 3 is 2.22 bits per heavy atom. The molecule has 0 aliphatic heterocycles. The molecule has 0 radical (unpaired) electrons. The van der Waals surface area contributed by atoms with Gasteiger partial charge in [0.1, 0.15) is 11.4 Å². The molecule has 0 aromatic carbocycles. The zero-order chi connectivity index (χ0) is 16.9. The van der Waals surface area contributed by atoms with Crippen molar-refractivity contribution >= 4 is 11.8 Å². The van der Waals surface area contributed by atoms with Gasteiger partial charge in [0.25, 0.3) is 11.8 Å². The molecule has 0 saturated carbocycles. The van der Waals surface area contributed by atoms with E-state index in [2.05, 4.69) is 20.6 Å². The van der Waals surface area contributed by atoms with Crippen LogP contribution in [-0.4, -0.2) is 27.3 Å². The van der Waals surface area contributed by atoms with E-state index in [9.17, 15) is 9.59 Å². The largest absolute Gasteiger partial charge is 0.347 e. The fourth-order valence-electron chi connectivity index (χ4n) is 1.87. The summed E-state index contributed by atoms with van der Waals surface area (Å²) < 4.78 is 0. The SMILES string of the molecule is CC(C)(C)NC(=O)c1cccc(C(=O)NCc2ccncc2)n1. The van der Waals surface area contributed by atoms with Crippen molar-refractivity contribution in [1.82, 2.24) is 20.6 Å². The van der Waals surface area contributed by atoms with Gasteiger partial charge in [-0.15, -0.1) is 0 Å². The number of amides is 2. The lowest BCUT2D eigenvalue weighted by Crippen LogP contribution is -2.41. The van der Waals surface area contributed by atoms with Crippen molar-refractivity contribution in [2.24, 2.45) is 0 Å². The molecule has 2 aromatic heterocycles. The summed E-state index contributed by atoms with van der Waals surface area (Å²) in [6.07, 6.45) is 3.33. The fourth-order valence-corrected chi connectivity index (χ4v) is 1.87. The predicted octanol–water partition coefficient (Wildman–Crippen LogP) is 1.93. The molecule has 2 heterocycles. The van der Waals surface area contributed by atoms with E-state index in [0.29, 0.717) is 6.54 Å². The zero-order valence-electron chi connectivity index (χ0n) is 13.5. The molecule has 0 bridgehead atoms. The minimum atomic E-state index is -0.363. The molecular formula is C17H20N4O2. The third kappa shape index (κ3) is 5.18. The lowest BCUT2D eigenvalue weighted by Gasteiger charge is -2.20. The third-order valence-corrected chi connectivity index (χ3v) is 2.91. The number of rotatable bonds is 4. The summed E-state index contributed by atoms with van der Waals surface area (Å²) in [5.74, 6) is -0.631. The number of aromatic nitrogens is 2. The van der Waals surface area contributed by atoms with E-state index in [-0.39, 0.29) is 28.7 Å². The van der Waals surface area contributed by atoms with Crippen molar-refractivity contribution in [3.63, 3.8) is 0 Å². The average Bonchev–Trinajstić information content (AvgIpc) is 2.52. The number of hydrogen-bond acceptors (Lipinski definition) is 4. The molecule has 0 atom stereocenters. The lowest BCUT2D eigenvalue weighted by molar-refractivity contribution is 0.0914. The molecule has 2 amide bonds. The molecule has 6 nitrogen and oxygen atoms in total. The maximum atomic E-state index is 12.2. The number of carbonyl (C=O) groups is 2. The van der Waals surface area contributed by atoms with Crippen LogP contribution in [-0.2, 0) is 6.54 Å². The molecular weight excluding hydrogens is 292 g/mol. The van der Waals surface area contributed by atoms with Crippen LogP contribution in [0.25, 0.3) is 0 Å². The minimum Gasteiger partial charge on any atom is -0.347 e. The quantitative estimate of drug-likeness (QED) is 0.903. The molecule has 2 aromatic rings. The number of nitrogens with one attached hydrogen (secondary N) is 2. The van der Waals surface area contributed by atoms with E-state index in [0.717, 1.165) is 5.56 Å². The first-order valence-corrected chi connectivity index (χ1v) is 7.32. The van der Waals surface area contributed by atoms with Crippen molar-refractivity contribution in [3.8, 4) is 0 Å². The summed E-state index contributed by atoms with van der Waals surface area (Å²) in [4.78, 5) is 32.3. The molecule has 6 heteroatoms. The molecule has 0 unspecified atom stereocenters. The van der Waals surface area contributed by atoms with Gasteiger partial charge in [-0.25, -0.2) is 4.98 Å². The molecule has 2 rings (SSSR count). The molecule has 0 aliphatic rings. The standard InChI is InChI=1S/C17H20N4O2/c1-17(2,3)21-16(23)14-6-4-5-13(20-14)15(22)19-11-12-7-9-18-10-8-12/h4-10H,11H2,1-3H3,(H,19,22)(H,21,23). The topological polar surface area (TPSA) is 84.0 Å². The van der Waals surface area contributed by atoms with Crippen molar-refractivity contribution in [2.75, 3.05) is 0 Å². The lowest BCUT2D eigenvalue weighted by atomic mass is 10.1. The number of carbonyl (C=O) groups excluding carboxylic acids is 2. The van der Waals surface area contributed by atoms with E-state index >= 15 is 0 Å². The van der Waals surface area contributed by atoms with E-state index in [1.54, 1.807) is 30.6 Å². The van der Waals surface area contributed by atoms with Crippen LogP contribution in [0, 0.1) is 0 Å². The highest BCUT2D eigenvalue weighted by Gasteiger charge is 2.17. The Labute approximate surface area is 135 Å². The molecule has 0 spiro atoms. The van der Waals surface area contributed by atoms with E-state index in [1.165, 1.54) is 0 Å². The van der Waals surface area contributed by atoms with Gasteiger partial charge in [-0.05, 0) is 50.6 Å². The Bertz CT molecular complexity index is 693. The Balaban J connectivity index is 2.04. The van der Waals surface area contributed by atoms with Gasteiger partial charge >= 0.3 is 0 Å². The fraction of sp³-hybridized carbons (Fsp3) is 0.294. The van der Waals surface area contributed by atoms with Crippen LogP contribution in [0.15, 0.2) is 42.7 Å². The van der Waals surface area contributed by atoms with E-state index < -0.39 is 0 Å². The maximum Gasteiger partial charge on any atom is 0.270 e. The third-order valence-electron chi connectivity index (χ3n) is 2.91. The molecule has 120 valence electrons. The molecule has 2 N–H and O–H groups in total. The number of nitrogens with zero attached hydrogens (tertiary/aromatic N) is 2. The van der Waals surface area contributed by atoms with Crippen molar-refractivity contribution < 1.29 is 9.59 Å². The highest BCUT2D eigenvalue weighted by atomic mass is 16.2. The molecule has 0 aliphatic carbocycles. The molecule has 0 fully saturated rings. The van der Waals surface area contributed by atoms with Gasteiger partial charge in [-0.3, -0.25) is 14.6 Å². The average molecular weight is 312 g/mol. The van der Waals surface area contributed by atoms with Crippen LogP contribution in [0.4, 0.5) is 0 Å². The van der Waals surface area contributed by atoms with E-state index in [4.69, 9.17) is 0 Å². The minimum absolute atomic E-state index is 0.209. The van der Waals surface area contributed by atoms with Gasteiger partial charge in [0.2, 0.25) is 0 Å². The summed E-state index contributed by atoms with van der Waals surface area (Å²) in [7, 11) is 0. The van der Waals surface area contributed by atoms with Crippen LogP contribution in [0.1, 0.15) is 47.3 Å². The van der Waals surface area contributed by atoms with E-state index in [1.807, 2.05) is 32.9 Å². The number of hydrogen-bond donors (Lipinski definition) is 2. The van der Waals surface area contributed by atoms with Gasteiger partial charge in [0, 0.05) is 24.5 Å². The van der Waals surface area contributed by atoms with Gasteiger partial charge in [-0.2, -0.15) is 0 Å². The van der Waals surface area contributed by atoms with Crippen molar-refractivity contribution in [2.45, 2.75) is 32.9 Å². The van der Waals surface area contributed by atoms with Crippen LogP contribution in [0.3, 0.4) is 0 Å². The zero-order valence-corrected chi connectivity index (χ0v) is 13.5. The van der Waals surface area contributed by atoms with Gasteiger partial charge < -0.3 is 10.6 Å². The van der Waals surface area contributed by atoms with Gasteiger partial charge in [0.05, 0.1) is 0 Å². The molecule has 0 saturated heterocycles. The number of pyridine rings is 2. The maximum absolute atomic E-state index is 12.2. The predicted molar refractivity (Wildman–Crippen MR) is 86.9 cm³/mol. The normalized spacial score (nSPS) is 10.9. The first kappa shape index (κ1) is 16.6. The highest BCUT2D eigenvalue weighted by molar-refractivity contribution is 5.96.